The van der Waals surface area contributed by atoms with Crippen LogP contribution in [0.25, 0.3) is 0 Å². The van der Waals surface area contributed by atoms with Crippen molar-refractivity contribution in [2.24, 2.45) is 5.92 Å². The van der Waals surface area contributed by atoms with Crippen molar-refractivity contribution < 1.29 is 9.59 Å². The number of hydrogen-bond donors (Lipinski definition) is 1. The van der Waals surface area contributed by atoms with Crippen LogP contribution in [-0.4, -0.2) is 35.3 Å². The van der Waals surface area contributed by atoms with Gasteiger partial charge in [-0.1, -0.05) is 32.1 Å². The molecule has 20 heavy (non-hydrogen) atoms. The van der Waals surface area contributed by atoms with Gasteiger partial charge in [-0.2, -0.15) is 0 Å². The van der Waals surface area contributed by atoms with Crippen molar-refractivity contribution in [2.75, 3.05) is 6.54 Å². The Morgan fingerprint density at radius 1 is 1.00 bits per heavy atom. The van der Waals surface area contributed by atoms with E-state index in [2.05, 4.69) is 5.32 Å². The Morgan fingerprint density at radius 2 is 1.65 bits per heavy atom. The van der Waals surface area contributed by atoms with Gasteiger partial charge in [0.2, 0.25) is 11.8 Å². The number of carbonyl (C=O) groups is 2. The molecule has 1 atom stereocenters. The molecule has 0 spiro atoms. The van der Waals surface area contributed by atoms with Crippen molar-refractivity contribution in [1.29, 1.82) is 0 Å². The van der Waals surface area contributed by atoms with Crippen LogP contribution in [0, 0.1) is 5.92 Å². The van der Waals surface area contributed by atoms with Crippen LogP contribution in [0.5, 0.6) is 0 Å². The lowest BCUT2D eigenvalue weighted by molar-refractivity contribution is -0.130. The summed E-state index contributed by atoms with van der Waals surface area (Å²) in [5, 5.41) is 3.17. The second kappa shape index (κ2) is 6.15. The molecule has 3 aliphatic rings. The average molecular weight is 278 g/mol. The maximum Gasteiger partial charge on any atom is 0.225 e. The second-order valence-electron chi connectivity index (χ2n) is 6.73. The van der Waals surface area contributed by atoms with E-state index in [1.807, 2.05) is 4.90 Å². The molecule has 0 aromatic rings. The summed E-state index contributed by atoms with van der Waals surface area (Å²) >= 11 is 0. The fourth-order valence-electron chi connectivity index (χ4n) is 4.04. The highest BCUT2D eigenvalue weighted by Gasteiger charge is 2.39. The Bertz CT molecular complexity index is 371. The Morgan fingerprint density at radius 3 is 2.35 bits per heavy atom. The fraction of sp³-hybridized carbons (Fsp3) is 0.875. The third-order valence-electron chi connectivity index (χ3n) is 5.25. The first-order valence-electron chi connectivity index (χ1n) is 8.34. The van der Waals surface area contributed by atoms with Gasteiger partial charge in [-0.15, -0.1) is 0 Å². The summed E-state index contributed by atoms with van der Waals surface area (Å²) < 4.78 is 0. The molecule has 2 amide bonds. The zero-order valence-corrected chi connectivity index (χ0v) is 12.3. The molecule has 2 saturated carbocycles. The predicted molar refractivity (Wildman–Crippen MR) is 77.1 cm³/mol. The molecule has 4 heteroatoms. The van der Waals surface area contributed by atoms with E-state index in [0.717, 1.165) is 25.7 Å². The molecule has 1 N–H and O–H groups in total. The van der Waals surface area contributed by atoms with E-state index in [1.165, 1.54) is 32.1 Å². The molecule has 3 fully saturated rings. The second-order valence-corrected chi connectivity index (χ2v) is 6.73. The molecule has 0 radical (unpaired) electrons. The molecule has 0 bridgehead atoms. The molecule has 1 heterocycles. The van der Waals surface area contributed by atoms with E-state index >= 15 is 0 Å². The van der Waals surface area contributed by atoms with Gasteiger partial charge in [0, 0.05) is 25.0 Å². The quantitative estimate of drug-likeness (QED) is 0.860. The Hall–Kier alpha value is -1.06. The molecule has 112 valence electrons. The fourth-order valence-corrected chi connectivity index (χ4v) is 4.04. The summed E-state index contributed by atoms with van der Waals surface area (Å²) in [5.41, 5.74) is 0. The average Bonchev–Trinajstić information content (AvgIpc) is 3.08. The van der Waals surface area contributed by atoms with Crippen LogP contribution < -0.4 is 5.32 Å². The molecule has 1 saturated heterocycles. The van der Waals surface area contributed by atoms with Crippen LogP contribution in [0.3, 0.4) is 0 Å². The van der Waals surface area contributed by atoms with Gasteiger partial charge >= 0.3 is 0 Å². The number of nitrogens with zero attached hydrogens (tertiary/aromatic N) is 1. The van der Waals surface area contributed by atoms with Crippen molar-refractivity contribution in [3.8, 4) is 0 Å². The van der Waals surface area contributed by atoms with E-state index in [0.29, 0.717) is 25.0 Å². The highest BCUT2D eigenvalue weighted by molar-refractivity contribution is 5.89. The standard InChI is InChI=1S/C16H26N2O2/c19-15-10-12(11-18(15)14-8-4-5-9-14)16(20)17-13-6-2-1-3-7-13/h12-14H,1-11H2,(H,17,20)/t12-/m1/s1. The minimum Gasteiger partial charge on any atom is -0.353 e. The zero-order valence-electron chi connectivity index (χ0n) is 12.3. The molecular formula is C16H26N2O2. The lowest BCUT2D eigenvalue weighted by Crippen LogP contribution is -2.41. The number of amides is 2. The molecule has 4 nitrogen and oxygen atoms in total. The molecule has 2 aliphatic carbocycles. The van der Waals surface area contributed by atoms with Crippen molar-refractivity contribution in [3.63, 3.8) is 0 Å². The summed E-state index contributed by atoms with van der Waals surface area (Å²) in [6, 6.07) is 0.766. The Balaban J connectivity index is 1.52. The lowest BCUT2D eigenvalue weighted by atomic mass is 9.95. The first kappa shape index (κ1) is 13.9. The van der Waals surface area contributed by atoms with Crippen LogP contribution in [0.15, 0.2) is 0 Å². The van der Waals surface area contributed by atoms with Gasteiger partial charge in [0.15, 0.2) is 0 Å². The summed E-state index contributed by atoms with van der Waals surface area (Å²) in [6.45, 7) is 0.655. The minimum absolute atomic E-state index is 0.106. The Kier molecular flexibility index (Phi) is 4.27. The highest BCUT2D eigenvalue weighted by Crippen LogP contribution is 2.29. The van der Waals surface area contributed by atoms with Crippen LogP contribution in [0.4, 0.5) is 0 Å². The van der Waals surface area contributed by atoms with Gasteiger partial charge in [0.25, 0.3) is 0 Å². The van der Waals surface area contributed by atoms with Crippen molar-refractivity contribution >= 4 is 11.8 Å². The number of hydrogen-bond acceptors (Lipinski definition) is 2. The predicted octanol–water partition coefficient (Wildman–Crippen LogP) is 2.23. The van der Waals surface area contributed by atoms with E-state index < -0.39 is 0 Å². The normalized spacial score (nSPS) is 29.1. The van der Waals surface area contributed by atoms with Gasteiger partial charge in [-0.3, -0.25) is 9.59 Å². The molecule has 0 unspecified atom stereocenters. The maximum atomic E-state index is 12.3. The van der Waals surface area contributed by atoms with Gasteiger partial charge in [0.05, 0.1) is 5.92 Å². The SMILES string of the molecule is O=C(NC1CCCCC1)[C@@H]1CC(=O)N(C2CCCC2)C1. The first-order valence-corrected chi connectivity index (χ1v) is 8.34. The van der Waals surface area contributed by atoms with Crippen LogP contribution in [0.2, 0.25) is 0 Å². The van der Waals surface area contributed by atoms with Gasteiger partial charge < -0.3 is 10.2 Å². The smallest absolute Gasteiger partial charge is 0.225 e. The minimum atomic E-state index is -0.106. The maximum absolute atomic E-state index is 12.3. The largest absolute Gasteiger partial charge is 0.353 e. The molecule has 0 aromatic heterocycles. The topological polar surface area (TPSA) is 49.4 Å². The van der Waals surface area contributed by atoms with E-state index in [9.17, 15) is 9.59 Å². The monoisotopic (exact) mass is 278 g/mol. The van der Waals surface area contributed by atoms with E-state index in [-0.39, 0.29) is 17.7 Å². The summed E-state index contributed by atoms with van der Waals surface area (Å²) in [6.07, 6.45) is 11.1. The van der Waals surface area contributed by atoms with Crippen LogP contribution >= 0.6 is 0 Å². The zero-order chi connectivity index (χ0) is 13.9. The number of rotatable bonds is 3. The van der Waals surface area contributed by atoms with E-state index in [4.69, 9.17) is 0 Å². The Labute approximate surface area is 121 Å². The summed E-state index contributed by atoms with van der Waals surface area (Å²) in [7, 11) is 0. The van der Waals surface area contributed by atoms with Crippen molar-refractivity contribution in [1.82, 2.24) is 10.2 Å². The lowest BCUT2D eigenvalue weighted by Gasteiger charge is -2.25. The molecule has 1 aliphatic heterocycles. The molecular weight excluding hydrogens is 252 g/mol. The van der Waals surface area contributed by atoms with E-state index in [1.54, 1.807) is 0 Å². The van der Waals surface area contributed by atoms with Crippen LogP contribution in [-0.2, 0) is 9.59 Å². The third kappa shape index (κ3) is 2.99. The van der Waals surface area contributed by atoms with Gasteiger partial charge in [-0.05, 0) is 25.7 Å². The molecule has 3 rings (SSSR count). The number of nitrogens with one attached hydrogen (secondary N) is 1. The van der Waals surface area contributed by atoms with Crippen molar-refractivity contribution in [2.45, 2.75) is 76.3 Å². The van der Waals surface area contributed by atoms with Crippen molar-refractivity contribution in [3.05, 3.63) is 0 Å². The first-order chi connectivity index (χ1) is 9.74. The summed E-state index contributed by atoms with van der Waals surface area (Å²) in [4.78, 5) is 26.4. The van der Waals surface area contributed by atoms with Gasteiger partial charge in [-0.25, -0.2) is 0 Å². The molecule has 0 aromatic carbocycles. The highest BCUT2D eigenvalue weighted by atomic mass is 16.2. The third-order valence-corrected chi connectivity index (χ3v) is 5.25. The number of carbonyl (C=O) groups excluding carboxylic acids is 2. The van der Waals surface area contributed by atoms with Gasteiger partial charge in [0.1, 0.15) is 0 Å². The van der Waals surface area contributed by atoms with Crippen LogP contribution in [0.1, 0.15) is 64.2 Å². The summed E-state index contributed by atoms with van der Waals surface area (Å²) in [5.74, 6) is 0.205. The number of likely N-dealkylation sites (tertiary alicyclic amines) is 1.